The number of benzene rings is 2. The molecule has 0 saturated heterocycles. The lowest BCUT2D eigenvalue weighted by Gasteiger charge is -2.10. The van der Waals surface area contributed by atoms with Crippen LogP contribution in [0.2, 0.25) is 0 Å². The molecule has 5 heteroatoms. The van der Waals surface area contributed by atoms with Crippen molar-refractivity contribution in [3.8, 4) is 0 Å². The van der Waals surface area contributed by atoms with Crippen molar-refractivity contribution in [1.29, 1.82) is 0 Å². The van der Waals surface area contributed by atoms with Gasteiger partial charge in [-0.1, -0.05) is 48.5 Å². The first-order chi connectivity index (χ1) is 13.3. The van der Waals surface area contributed by atoms with Crippen LogP contribution in [0.5, 0.6) is 0 Å². The first kappa shape index (κ1) is 16.7. The number of pyridine rings is 2. The first-order valence-electron chi connectivity index (χ1n) is 8.68. The van der Waals surface area contributed by atoms with Gasteiger partial charge in [-0.3, -0.25) is 9.78 Å². The van der Waals surface area contributed by atoms with Crippen LogP contribution in [0.1, 0.15) is 15.9 Å². The average molecular weight is 354 g/mol. The number of rotatable bonds is 5. The molecular formula is C22H18N4O. The van der Waals surface area contributed by atoms with Crippen molar-refractivity contribution < 1.29 is 4.79 Å². The minimum atomic E-state index is -0.196. The Bertz CT molecular complexity index is 1070. The van der Waals surface area contributed by atoms with E-state index in [1.807, 2.05) is 60.7 Å². The first-order valence-corrected chi connectivity index (χ1v) is 8.68. The Morgan fingerprint density at radius 3 is 2.59 bits per heavy atom. The molecule has 0 radical (unpaired) electrons. The molecule has 0 aliphatic carbocycles. The molecule has 27 heavy (non-hydrogen) atoms. The van der Waals surface area contributed by atoms with E-state index in [-0.39, 0.29) is 5.91 Å². The number of hydrogen-bond acceptors (Lipinski definition) is 4. The molecule has 2 heterocycles. The van der Waals surface area contributed by atoms with Crippen molar-refractivity contribution in [3.05, 3.63) is 96.3 Å². The number of para-hydroxylation sites is 1. The van der Waals surface area contributed by atoms with Crippen LogP contribution < -0.4 is 10.6 Å². The molecule has 0 saturated carbocycles. The summed E-state index contributed by atoms with van der Waals surface area (Å²) in [7, 11) is 0. The molecule has 132 valence electrons. The van der Waals surface area contributed by atoms with Gasteiger partial charge in [-0.2, -0.15) is 0 Å². The SMILES string of the molecule is O=C(Nc1cccc2cccnc12)c1ccnc(NCc2ccccc2)c1. The van der Waals surface area contributed by atoms with E-state index in [0.717, 1.165) is 16.5 Å². The lowest BCUT2D eigenvalue weighted by molar-refractivity contribution is 0.102. The third-order valence-corrected chi connectivity index (χ3v) is 4.22. The van der Waals surface area contributed by atoms with Gasteiger partial charge in [0.05, 0.1) is 11.2 Å². The highest BCUT2D eigenvalue weighted by molar-refractivity contribution is 6.08. The van der Waals surface area contributed by atoms with Crippen LogP contribution in [0, 0.1) is 0 Å². The standard InChI is InChI=1S/C22H18N4O/c27-22(26-19-10-4-8-17-9-5-12-24-21(17)19)18-11-13-23-20(14-18)25-15-16-6-2-1-3-7-16/h1-14H,15H2,(H,23,25)(H,26,27). The van der Waals surface area contributed by atoms with Gasteiger partial charge in [0.2, 0.25) is 0 Å². The van der Waals surface area contributed by atoms with Gasteiger partial charge in [-0.25, -0.2) is 4.98 Å². The number of fused-ring (bicyclic) bond motifs is 1. The second-order valence-corrected chi connectivity index (χ2v) is 6.10. The van der Waals surface area contributed by atoms with Gasteiger partial charge in [0.25, 0.3) is 5.91 Å². The Kier molecular flexibility index (Phi) is 4.74. The summed E-state index contributed by atoms with van der Waals surface area (Å²) in [4.78, 5) is 21.3. The van der Waals surface area contributed by atoms with Crippen molar-refractivity contribution >= 4 is 28.3 Å². The van der Waals surface area contributed by atoms with Crippen LogP contribution in [0.4, 0.5) is 11.5 Å². The summed E-state index contributed by atoms with van der Waals surface area (Å²) in [6.07, 6.45) is 3.35. The molecule has 2 aromatic heterocycles. The highest BCUT2D eigenvalue weighted by Crippen LogP contribution is 2.21. The number of aromatic nitrogens is 2. The molecule has 0 atom stereocenters. The third kappa shape index (κ3) is 3.93. The average Bonchev–Trinajstić information content (AvgIpc) is 2.73. The molecule has 2 N–H and O–H groups in total. The van der Waals surface area contributed by atoms with Gasteiger partial charge in [0.1, 0.15) is 5.82 Å². The zero-order chi connectivity index (χ0) is 18.5. The van der Waals surface area contributed by atoms with Gasteiger partial charge < -0.3 is 10.6 Å². The van der Waals surface area contributed by atoms with E-state index in [1.54, 1.807) is 24.5 Å². The van der Waals surface area contributed by atoms with Crippen LogP contribution in [0.15, 0.2) is 85.2 Å². The van der Waals surface area contributed by atoms with E-state index in [0.29, 0.717) is 23.6 Å². The number of carbonyl (C=O) groups excluding carboxylic acids is 1. The van der Waals surface area contributed by atoms with Gasteiger partial charge in [-0.15, -0.1) is 0 Å². The Morgan fingerprint density at radius 1 is 0.852 bits per heavy atom. The molecule has 2 aromatic carbocycles. The van der Waals surface area contributed by atoms with Crippen molar-refractivity contribution in [2.45, 2.75) is 6.54 Å². The molecule has 0 aliphatic rings. The summed E-state index contributed by atoms with van der Waals surface area (Å²) in [6, 6.07) is 23.1. The lowest BCUT2D eigenvalue weighted by Crippen LogP contribution is -2.13. The van der Waals surface area contributed by atoms with Gasteiger partial charge in [0.15, 0.2) is 0 Å². The smallest absolute Gasteiger partial charge is 0.255 e. The summed E-state index contributed by atoms with van der Waals surface area (Å²) in [5.74, 6) is 0.459. The number of hydrogen-bond donors (Lipinski definition) is 2. The Hall–Kier alpha value is -3.73. The molecule has 4 aromatic rings. The Morgan fingerprint density at radius 2 is 1.70 bits per heavy atom. The number of nitrogens with one attached hydrogen (secondary N) is 2. The molecule has 0 bridgehead atoms. The zero-order valence-electron chi connectivity index (χ0n) is 14.6. The van der Waals surface area contributed by atoms with Gasteiger partial charge in [-0.05, 0) is 29.8 Å². The maximum atomic E-state index is 12.7. The largest absolute Gasteiger partial charge is 0.366 e. The summed E-state index contributed by atoms with van der Waals surface area (Å²) < 4.78 is 0. The van der Waals surface area contributed by atoms with Crippen LogP contribution in [-0.2, 0) is 6.54 Å². The maximum absolute atomic E-state index is 12.7. The lowest BCUT2D eigenvalue weighted by atomic mass is 10.1. The van der Waals surface area contributed by atoms with E-state index in [1.165, 1.54) is 0 Å². The predicted molar refractivity (Wildman–Crippen MR) is 108 cm³/mol. The molecule has 5 nitrogen and oxygen atoms in total. The summed E-state index contributed by atoms with van der Waals surface area (Å²) in [6.45, 7) is 0.645. The topological polar surface area (TPSA) is 66.9 Å². The zero-order valence-corrected chi connectivity index (χ0v) is 14.6. The van der Waals surface area contributed by atoms with Crippen molar-refractivity contribution in [3.63, 3.8) is 0 Å². The second-order valence-electron chi connectivity index (χ2n) is 6.10. The fourth-order valence-corrected chi connectivity index (χ4v) is 2.86. The molecule has 4 rings (SSSR count). The highest BCUT2D eigenvalue weighted by Gasteiger charge is 2.10. The molecule has 0 spiro atoms. The predicted octanol–water partition coefficient (Wildman–Crippen LogP) is 4.49. The van der Waals surface area contributed by atoms with Gasteiger partial charge >= 0.3 is 0 Å². The molecule has 0 fully saturated rings. The minimum absolute atomic E-state index is 0.196. The maximum Gasteiger partial charge on any atom is 0.255 e. The summed E-state index contributed by atoms with van der Waals surface area (Å²) >= 11 is 0. The summed E-state index contributed by atoms with van der Waals surface area (Å²) in [5, 5.41) is 7.17. The Balaban J connectivity index is 1.50. The molecule has 0 aliphatic heterocycles. The van der Waals surface area contributed by atoms with Crippen molar-refractivity contribution in [1.82, 2.24) is 9.97 Å². The second kappa shape index (κ2) is 7.66. The van der Waals surface area contributed by atoms with E-state index >= 15 is 0 Å². The van der Waals surface area contributed by atoms with E-state index in [2.05, 4.69) is 20.6 Å². The van der Waals surface area contributed by atoms with Crippen LogP contribution in [-0.4, -0.2) is 15.9 Å². The number of amides is 1. The summed E-state index contributed by atoms with van der Waals surface area (Å²) in [5.41, 5.74) is 3.14. The van der Waals surface area contributed by atoms with Crippen molar-refractivity contribution in [2.75, 3.05) is 10.6 Å². The van der Waals surface area contributed by atoms with Crippen LogP contribution in [0.3, 0.4) is 0 Å². The quantitative estimate of drug-likeness (QED) is 0.554. The van der Waals surface area contributed by atoms with E-state index in [4.69, 9.17) is 0 Å². The van der Waals surface area contributed by atoms with Crippen LogP contribution in [0.25, 0.3) is 10.9 Å². The van der Waals surface area contributed by atoms with E-state index < -0.39 is 0 Å². The molecule has 0 unspecified atom stereocenters. The fraction of sp³-hybridized carbons (Fsp3) is 0.0455. The normalized spacial score (nSPS) is 10.5. The van der Waals surface area contributed by atoms with E-state index in [9.17, 15) is 4.79 Å². The number of nitrogens with zero attached hydrogens (tertiary/aromatic N) is 2. The Labute approximate surface area is 157 Å². The highest BCUT2D eigenvalue weighted by atomic mass is 16.1. The molecule has 1 amide bonds. The number of anilines is 2. The minimum Gasteiger partial charge on any atom is -0.366 e. The van der Waals surface area contributed by atoms with Crippen molar-refractivity contribution in [2.24, 2.45) is 0 Å². The number of carbonyl (C=O) groups is 1. The third-order valence-electron chi connectivity index (χ3n) is 4.22. The molecular weight excluding hydrogens is 336 g/mol. The monoisotopic (exact) mass is 354 g/mol. The fourth-order valence-electron chi connectivity index (χ4n) is 2.86. The van der Waals surface area contributed by atoms with Crippen LogP contribution >= 0.6 is 0 Å². The van der Waals surface area contributed by atoms with Gasteiger partial charge in [0, 0.05) is 29.9 Å².